The van der Waals surface area contributed by atoms with Gasteiger partial charge in [0.25, 0.3) is 0 Å². The average molecular weight is 372 g/mol. The van der Waals surface area contributed by atoms with Crippen molar-refractivity contribution >= 4 is 28.5 Å². The summed E-state index contributed by atoms with van der Waals surface area (Å²) in [6.45, 7) is 2.70. The molecule has 0 spiro atoms. The molecule has 0 aliphatic heterocycles. The van der Waals surface area contributed by atoms with E-state index in [1.54, 1.807) is 24.5 Å². The summed E-state index contributed by atoms with van der Waals surface area (Å²) in [7, 11) is 1.61. The third kappa shape index (κ3) is 4.64. The Morgan fingerprint density at radius 2 is 2.15 bits per heavy atom. The molecule has 1 aromatic heterocycles. The van der Waals surface area contributed by atoms with Crippen molar-refractivity contribution in [3.05, 3.63) is 40.4 Å². The number of amides is 1. The van der Waals surface area contributed by atoms with Gasteiger partial charge in [-0.3, -0.25) is 10.1 Å². The highest BCUT2D eigenvalue weighted by molar-refractivity contribution is 7.15. The lowest BCUT2D eigenvalue weighted by molar-refractivity contribution is -0.111. The van der Waals surface area contributed by atoms with Crippen LogP contribution in [0.5, 0.6) is 11.5 Å². The average Bonchev–Trinajstić information content (AvgIpc) is 3.07. The molecule has 3 rings (SSSR count). The van der Waals surface area contributed by atoms with E-state index in [9.17, 15) is 4.79 Å². The van der Waals surface area contributed by atoms with E-state index in [1.807, 2.05) is 18.2 Å². The molecule has 0 saturated heterocycles. The highest BCUT2D eigenvalue weighted by Crippen LogP contribution is 2.30. The van der Waals surface area contributed by atoms with Crippen molar-refractivity contribution in [2.75, 3.05) is 19.0 Å². The first-order chi connectivity index (χ1) is 12.7. The van der Waals surface area contributed by atoms with Gasteiger partial charge in [-0.1, -0.05) is 13.0 Å². The maximum Gasteiger partial charge on any atom is 0.250 e. The molecule has 138 valence electrons. The Labute approximate surface area is 158 Å². The molecule has 1 aromatic carbocycles. The summed E-state index contributed by atoms with van der Waals surface area (Å²) in [5.74, 6) is 1.19. The van der Waals surface area contributed by atoms with Crippen molar-refractivity contribution < 1.29 is 14.3 Å². The summed E-state index contributed by atoms with van der Waals surface area (Å²) in [6, 6.07) is 5.62. The van der Waals surface area contributed by atoms with Gasteiger partial charge in [-0.15, -0.1) is 11.3 Å². The molecule has 0 atom stereocenters. The van der Waals surface area contributed by atoms with Gasteiger partial charge in [0.05, 0.1) is 19.4 Å². The maximum atomic E-state index is 12.2. The van der Waals surface area contributed by atoms with Gasteiger partial charge < -0.3 is 9.47 Å². The third-order valence-electron chi connectivity index (χ3n) is 4.15. The number of aryl methyl sites for hydroxylation is 2. The molecule has 0 bridgehead atoms. The topological polar surface area (TPSA) is 60.5 Å². The van der Waals surface area contributed by atoms with Crippen LogP contribution in [-0.2, 0) is 17.6 Å². The van der Waals surface area contributed by atoms with Gasteiger partial charge in [-0.05, 0) is 55.9 Å². The second-order valence-electron chi connectivity index (χ2n) is 6.18. The van der Waals surface area contributed by atoms with Gasteiger partial charge in [-0.2, -0.15) is 0 Å². The normalized spacial score (nSPS) is 13.5. The third-order valence-corrected chi connectivity index (χ3v) is 5.23. The molecule has 5 nitrogen and oxygen atoms in total. The van der Waals surface area contributed by atoms with Crippen molar-refractivity contribution in [2.24, 2.45) is 0 Å². The van der Waals surface area contributed by atoms with E-state index >= 15 is 0 Å². The Bertz CT molecular complexity index is 775. The van der Waals surface area contributed by atoms with Crippen LogP contribution in [0.4, 0.5) is 5.13 Å². The number of ether oxygens (including phenoxy) is 2. The summed E-state index contributed by atoms with van der Waals surface area (Å²) in [4.78, 5) is 18.0. The van der Waals surface area contributed by atoms with Crippen molar-refractivity contribution in [3.8, 4) is 11.5 Å². The van der Waals surface area contributed by atoms with E-state index in [-0.39, 0.29) is 5.91 Å². The number of carbonyl (C=O) groups is 1. The largest absolute Gasteiger partial charge is 0.493 e. The fourth-order valence-corrected chi connectivity index (χ4v) is 3.90. The van der Waals surface area contributed by atoms with Gasteiger partial charge in [-0.25, -0.2) is 4.98 Å². The van der Waals surface area contributed by atoms with Crippen LogP contribution in [-0.4, -0.2) is 24.6 Å². The second-order valence-corrected chi connectivity index (χ2v) is 7.26. The number of methoxy groups -OCH3 is 1. The number of thiazole rings is 1. The first kappa shape index (κ1) is 18.5. The lowest BCUT2D eigenvalue weighted by Crippen LogP contribution is -2.07. The fourth-order valence-electron chi connectivity index (χ4n) is 2.84. The lowest BCUT2D eigenvalue weighted by Gasteiger charge is -2.10. The number of hydrogen-bond acceptors (Lipinski definition) is 5. The molecule has 1 aliphatic carbocycles. The summed E-state index contributed by atoms with van der Waals surface area (Å²) in [5.41, 5.74) is 2.02. The molecule has 6 heteroatoms. The Balaban J connectivity index is 1.63. The van der Waals surface area contributed by atoms with Crippen LogP contribution in [0, 0.1) is 0 Å². The van der Waals surface area contributed by atoms with Crippen molar-refractivity contribution in [1.82, 2.24) is 4.98 Å². The minimum Gasteiger partial charge on any atom is -0.493 e. The van der Waals surface area contributed by atoms with Crippen molar-refractivity contribution in [3.63, 3.8) is 0 Å². The first-order valence-electron chi connectivity index (χ1n) is 8.98. The molecule has 2 aromatic rings. The highest BCUT2D eigenvalue weighted by atomic mass is 32.1. The zero-order chi connectivity index (χ0) is 18.4. The van der Waals surface area contributed by atoms with Crippen LogP contribution in [0.25, 0.3) is 6.08 Å². The van der Waals surface area contributed by atoms with Crippen molar-refractivity contribution in [1.29, 1.82) is 0 Å². The molecule has 1 amide bonds. The summed E-state index contributed by atoms with van der Waals surface area (Å²) < 4.78 is 11.0. The Kier molecular flexibility index (Phi) is 6.28. The van der Waals surface area contributed by atoms with E-state index in [0.29, 0.717) is 23.2 Å². The van der Waals surface area contributed by atoms with E-state index in [0.717, 1.165) is 30.5 Å². The maximum absolute atomic E-state index is 12.2. The van der Waals surface area contributed by atoms with Crippen LogP contribution in [0.1, 0.15) is 42.3 Å². The fraction of sp³-hybridized carbons (Fsp3) is 0.400. The van der Waals surface area contributed by atoms with E-state index < -0.39 is 0 Å². The Hall–Kier alpha value is -2.34. The van der Waals surface area contributed by atoms with Gasteiger partial charge in [0.1, 0.15) is 0 Å². The zero-order valence-corrected chi connectivity index (χ0v) is 16.0. The van der Waals surface area contributed by atoms with E-state index in [2.05, 4.69) is 17.2 Å². The molecule has 0 unspecified atom stereocenters. The number of benzene rings is 1. The molecular weight excluding hydrogens is 348 g/mol. The Morgan fingerprint density at radius 1 is 1.31 bits per heavy atom. The number of nitrogens with one attached hydrogen (secondary N) is 1. The molecular formula is C20H24N2O3S. The SMILES string of the molecule is CCCOc1ccc(C=CC(=O)Nc2nc3c(s2)CCCC3)cc1OC. The van der Waals surface area contributed by atoms with Crippen LogP contribution < -0.4 is 14.8 Å². The number of anilines is 1. The summed E-state index contributed by atoms with van der Waals surface area (Å²) >= 11 is 1.59. The van der Waals surface area contributed by atoms with Gasteiger partial charge >= 0.3 is 0 Å². The molecule has 1 heterocycles. The summed E-state index contributed by atoms with van der Waals surface area (Å²) in [6.07, 6.45) is 8.70. The smallest absolute Gasteiger partial charge is 0.250 e. The second kappa shape index (κ2) is 8.85. The number of rotatable bonds is 7. The predicted molar refractivity (Wildman–Crippen MR) is 105 cm³/mol. The minimum atomic E-state index is -0.179. The Morgan fingerprint density at radius 3 is 2.92 bits per heavy atom. The minimum absolute atomic E-state index is 0.179. The quantitative estimate of drug-likeness (QED) is 0.729. The molecule has 0 saturated carbocycles. The monoisotopic (exact) mass is 372 g/mol. The molecule has 1 aliphatic rings. The van der Waals surface area contributed by atoms with E-state index in [4.69, 9.17) is 9.47 Å². The van der Waals surface area contributed by atoms with Gasteiger partial charge in [0, 0.05) is 11.0 Å². The molecule has 0 radical (unpaired) electrons. The molecule has 1 N–H and O–H groups in total. The number of carbonyl (C=O) groups excluding carboxylic acids is 1. The number of hydrogen-bond donors (Lipinski definition) is 1. The first-order valence-corrected chi connectivity index (χ1v) is 9.79. The van der Waals surface area contributed by atoms with Crippen LogP contribution in [0.15, 0.2) is 24.3 Å². The number of nitrogens with zero attached hydrogens (tertiary/aromatic N) is 1. The van der Waals surface area contributed by atoms with E-state index in [1.165, 1.54) is 23.8 Å². The lowest BCUT2D eigenvalue weighted by atomic mass is 10.0. The standard InChI is InChI=1S/C20H24N2O3S/c1-3-12-25-16-10-8-14(13-17(16)24-2)9-11-19(23)22-20-21-15-6-4-5-7-18(15)26-20/h8-11,13H,3-7,12H2,1-2H3,(H,21,22,23). The number of aromatic nitrogens is 1. The van der Waals surface area contributed by atoms with Crippen LogP contribution in [0.2, 0.25) is 0 Å². The van der Waals surface area contributed by atoms with Gasteiger partial charge in [0.2, 0.25) is 5.91 Å². The summed E-state index contributed by atoms with van der Waals surface area (Å²) in [5, 5.41) is 3.55. The predicted octanol–water partition coefficient (Wildman–Crippen LogP) is 4.47. The van der Waals surface area contributed by atoms with Crippen molar-refractivity contribution in [2.45, 2.75) is 39.0 Å². The van der Waals surface area contributed by atoms with Crippen LogP contribution >= 0.6 is 11.3 Å². The van der Waals surface area contributed by atoms with Gasteiger partial charge in [0.15, 0.2) is 16.6 Å². The molecule has 0 fully saturated rings. The number of fused-ring (bicyclic) bond motifs is 1. The zero-order valence-electron chi connectivity index (χ0n) is 15.2. The molecule has 26 heavy (non-hydrogen) atoms. The van der Waals surface area contributed by atoms with Crippen LogP contribution in [0.3, 0.4) is 0 Å². The highest BCUT2D eigenvalue weighted by Gasteiger charge is 2.15.